The van der Waals surface area contributed by atoms with Crippen LogP contribution in [0.5, 0.6) is 0 Å². The van der Waals surface area contributed by atoms with Crippen LogP contribution in [0.1, 0.15) is 46.3 Å². The molecule has 0 saturated heterocycles. The van der Waals surface area contributed by atoms with E-state index in [0.29, 0.717) is 6.04 Å². The Hall–Kier alpha value is -1.60. The van der Waals surface area contributed by atoms with Crippen molar-refractivity contribution in [1.82, 2.24) is 5.32 Å². The van der Waals surface area contributed by atoms with E-state index in [1.54, 1.807) is 0 Å². The first-order valence-electron chi connectivity index (χ1n) is 7.88. The second kappa shape index (κ2) is 6.91. The number of rotatable bonds is 5. The van der Waals surface area contributed by atoms with E-state index in [9.17, 15) is 0 Å². The van der Waals surface area contributed by atoms with Gasteiger partial charge in [0.1, 0.15) is 0 Å². The van der Waals surface area contributed by atoms with Crippen LogP contribution in [0, 0.1) is 27.7 Å². The van der Waals surface area contributed by atoms with Crippen LogP contribution in [-0.2, 0) is 6.42 Å². The molecule has 2 aromatic rings. The largest absolute Gasteiger partial charge is 0.310 e. The summed E-state index contributed by atoms with van der Waals surface area (Å²) < 4.78 is 0. The normalized spacial score (nSPS) is 12.4. The van der Waals surface area contributed by atoms with Gasteiger partial charge in [0, 0.05) is 6.04 Å². The summed E-state index contributed by atoms with van der Waals surface area (Å²) in [5, 5.41) is 3.66. The van der Waals surface area contributed by atoms with Gasteiger partial charge in [-0.25, -0.2) is 0 Å². The summed E-state index contributed by atoms with van der Waals surface area (Å²) in [5.74, 6) is 0. The van der Waals surface area contributed by atoms with Gasteiger partial charge < -0.3 is 5.32 Å². The summed E-state index contributed by atoms with van der Waals surface area (Å²) in [6, 6.07) is 13.7. The maximum atomic E-state index is 3.66. The van der Waals surface area contributed by atoms with Gasteiger partial charge in [0.05, 0.1) is 0 Å². The fraction of sp³-hybridized carbons (Fsp3) is 0.400. The number of likely N-dealkylation sites (N-methyl/N-ethyl adjacent to an activating group) is 1. The summed E-state index contributed by atoms with van der Waals surface area (Å²) in [6.07, 6.45) is 1.05. The molecule has 0 aromatic heterocycles. The van der Waals surface area contributed by atoms with Crippen LogP contribution in [0.15, 0.2) is 36.4 Å². The van der Waals surface area contributed by atoms with Gasteiger partial charge in [0.15, 0.2) is 0 Å². The van der Waals surface area contributed by atoms with Gasteiger partial charge in [-0.3, -0.25) is 0 Å². The minimum Gasteiger partial charge on any atom is -0.310 e. The molecule has 0 aliphatic carbocycles. The predicted octanol–water partition coefficient (Wildman–Crippen LogP) is 4.81. The molecule has 0 spiro atoms. The van der Waals surface area contributed by atoms with Gasteiger partial charge >= 0.3 is 0 Å². The van der Waals surface area contributed by atoms with Gasteiger partial charge in [-0.05, 0) is 68.5 Å². The molecule has 112 valence electrons. The topological polar surface area (TPSA) is 12.0 Å². The lowest BCUT2D eigenvalue weighted by molar-refractivity contribution is 0.545. The van der Waals surface area contributed by atoms with Gasteiger partial charge in [0.25, 0.3) is 0 Å². The molecule has 2 aromatic carbocycles. The van der Waals surface area contributed by atoms with Gasteiger partial charge in [-0.15, -0.1) is 0 Å². The number of nitrogens with one attached hydrogen (secondary N) is 1. The van der Waals surface area contributed by atoms with Crippen LogP contribution in [0.25, 0.3) is 0 Å². The Morgan fingerprint density at radius 3 is 2.10 bits per heavy atom. The highest BCUT2D eigenvalue weighted by atomic mass is 14.9. The van der Waals surface area contributed by atoms with Crippen molar-refractivity contribution >= 4 is 0 Å². The Bertz CT molecular complexity index is 590. The molecule has 2 rings (SSSR count). The molecule has 1 nitrogen and oxygen atoms in total. The average molecular weight is 281 g/mol. The minimum atomic E-state index is 0.385. The Balaban J connectivity index is 2.36. The average Bonchev–Trinajstić information content (AvgIpc) is 2.42. The van der Waals surface area contributed by atoms with E-state index in [-0.39, 0.29) is 0 Å². The zero-order valence-electron chi connectivity index (χ0n) is 14.0. The highest BCUT2D eigenvalue weighted by Gasteiger charge is 2.15. The Morgan fingerprint density at radius 1 is 0.905 bits per heavy atom. The van der Waals surface area contributed by atoms with Gasteiger partial charge in [-0.2, -0.15) is 0 Å². The van der Waals surface area contributed by atoms with Crippen molar-refractivity contribution in [1.29, 1.82) is 0 Å². The van der Waals surface area contributed by atoms with E-state index in [0.717, 1.165) is 13.0 Å². The molecule has 1 atom stereocenters. The van der Waals surface area contributed by atoms with Crippen molar-refractivity contribution in [2.24, 2.45) is 0 Å². The molecule has 21 heavy (non-hydrogen) atoms. The zero-order chi connectivity index (χ0) is 15.4. The number of hydrogen-bond acceptors (Lipinski definition) is 1. The van der Waals surface area contributed by atoms with E-state index < -0.39 is 0 Å². The molecule has 0 amide bonds. The minimum absolute atomic E-state index is 0.385. The van der Waals surface area contributed by atoms with Crippen molar-refractivity contribution in [3.8, 4) is 0 Å². The highest BCUT2D eigenvalue weighted by molar-refractivity contribution is 5.39. The summed E-state index contributed by atoms with van der Waals surface area (Å²) >= 11 is 0. The van der Waals surface area contributed by atoms with Gasteiger partial charge in [0.2, 0.25) is 0 Å². The molecule has 1 heteroatoms. The first-order valence-corrected chi connectivity index (χ1v) is 7.88. The third-order valence-corrected chi connectivity index (χ3v) is 4.26. The molecular weight excluding hydrogens is 254 g/mol. The number of hydrogen-bond donors (Lipinski definition) is 1. The highest BCUT2D eigenvalue weighted by Crippen LogP contribution is 2.26. The van der Waals surface area contributed by atoms with E-state index >= 15 is 0 Å². The van der Waals surface area contributed by atoms with Crippen molar-refractivity contribution in [3.63, 3.8) is 0 Å². The maximum absolute atomic E-state index is 3.66. The van der Waals surface area contributed by atoms with Crippen LogP contribution in [0.4, 0.5) is 0 Å². The van der Waals surface area contributed by atoms with E-state index in [2.05, 4.69) is 76.3 Å². The van der Waals surface area contributed by atoms with E-state index in [1.807, 2.05) is 0 Å². The van der Waals surface area contributed by atoms with Crippen LogP contribution >= 0.6 is 0 Å². The standard InChI is InChI=1S/C20H27N/c1-6-21-20(18-10-8-7-9-15(18)3)13-19-16(4)11-14(2)12-17(19)5/h7-12,20-21H,6,13H2,1-5H3. The van der Waals surface area contributed by atoms with Crippen molar-refractivity contribution in [2.45, 2.75) is 47.1 Å². The monoisotopic (exact) mass is 281 g/mol. The summed E-state index contributed by atoms with van der Waals surface area (Å²) in [6.45, 7) is 12.0. The second-order valence-corrected chi connectivity index (χ2v) is 6.05. The van der Waals surface area contributed by atoms with Crippen LogP contribution in [-0.4, -0.2) is 6.54 Å². The lowest BCUT2D eigenvalue weighted by Crippen LogP contribution is -2.24. The van der Waals surface area contributed by atoms with Crippen LogP contribution < -0.4 is 5.32 Å². The molecule has 0 radical (unpaired) electrons. The SMILES string of the molecule is CCNC(Cc1c(C)cc(C)cc1C)c1ccccc1C. The summed E-state index contributed by atoms with van der Waals surface area (Å²) in [4.78, 5) is 0. The molecule has 0 bridgehead atoms. The second-order valence-electron chi connectivity index (χ2n) is 6.05. The summed E-state index contributed by atoms with van der Waals surface area (Å²) in [7, 11) is 0. The maximum Gasteiger partial charge on any atom is 0.0363 e. The van der Waals surface area contributed by atoms with Crippen molar-refractivity contribution in [2.75, 3.05) is 6.54 Å². The third kappa shape index (κ3) is 3.74. The molecule has 0 fully saturated rings. The predicted molar refractivity (Wildman–Crippen MR) is 92.0 cm³/mol. The quantitative estimate of drug-likeness (QED) is 0.829. The van der Waals surface area contributed by atoms with Gasteiger partial charge in [-0.1, -0.05) is 48.9 Å². The van der Waals surface area contributed by atoms with Crippen LogP contribution in [0.3, 0.4) is 0 Å². The molecule has 0 heterocycles. The first kappa shape index (κ1) is 15.8. The summed E-state index contributed by atoms with van der Waals surface area (Å²) in [5.41, 5.74) is 8.43. The Kier molecular flexibility index (Phi) is 5.19. The zero-order valence-corrected chi connectivity index (χ0v) is 14.0. The lowest BCUT2D eigenvalue weighted by atomic mass is 9.90. The number of benzene rings is 2. The molecule has 1 unspecified atom stereocenters. The fourth-order valence-electron chi connectivity index (χ4n) is 3.25. The van der Waals surface area contributed by atoms with E-state index in [4.69, 9.17) is 0 Å². The first-order chi connectivity index (χ1) is 10.0. The number of aryl methyl sites for hydroxylation is 4. The molecule has 0 aliphatic rings. The van der Waals surface area contributed by atoms with E-state index in [1.165, 1.54) is 33.4 Å². The third-order valence-electron chi connectivity index (χ3n) is 4.26. The Morgan fingerprint density at radius 2 is 1.52 bits per heavy atom. The fourth-order valence-corrected chi connectivity index (χ4v) is 3.25. The Labute approximate surface area is 129 Å². The molecule has 0 aliphatic heterocycles. The smallest absolute Gasteiger partial charge is 0.0363 e. The van der Waals surface area contributed by atoms with Crippen LogP contribution in [0.2, 0.25) is 0 Å². The lowest BCUT2D eigenvalue weighted by Gasteiger charge is -2.23. The van der Waals surface area contributed by atoms with Crippen molar-refractivity contribution < 1.29 is 0 Å². The molecule has 1 N–H and O–H groups in total. The molecular formula is C20H27N. The molecule has 0 saturated carbocycles. The van der Waals surface area contributed by atoms with Crippen molar-refractivity contribution in [3.05, 3.63) is 69.8 Å².